The number of hydrogen-bond acceptors (Lipinski definition) is 4. The van der Waals surface area contributed by atoms with Gasteiger partial charge in [-0.3, -0.25) is 14.4 Å². The second-order valence-electron chi connectivity index (χ2n) is 3.65. The van der Waals surface area contributed by atoms with Crippen LogP contribution in [-0.4, -0.2) is 38.5 Å². The van der Waals surface area contributed by atoms with Gasteiger partial charge in [0, 0.05) is 13.5 Å². The molecule has 0 saturated carbocycles. The number of rotatable bonds is 2. The van der Waals surface area contributed by atoms with Crippen LogP contribution in [0.2, 0.25) is 0 Å². The normalized spacial score (nSPS) is 18.8. The number of hydrogen-bond donors (Lipinski definition) is 0. The Morgan fingerprint density at radius 2 is 2.43 bits per heavy atom. The van der Waals surface area contributed by atoms with Crippen molar-refractivity contribution in [3.05, 3.63) is 12.2 Å². The van der Waals surface area contributed by atoms with Crippen LogP contribution in [0.3, 0.4) is 0 Å². The molecule has 1 aromatic heterocycles. The van der Waals surface area contributed by atoms with E-state index in [1.165, 1.54) is 0 Å². The molecule has 0 spiro atoms. The van der Waals surface area contributed by atoms with E-state index in [4.69, 9.17) is 0 Å². The van der Waals surface area contributed by atoms with Crippen LogP contribution in [0.25, 0.3) is 0 Å². The van der Waals surface area contributed by atoms with Gasteiger partial charge in [-0.2, -0.15) is 5.10 Å². The minimum Gasteiger partial charge on any atom is -0.298 e. The van der Waals surface area contributed by atoms with Crippen molar-refractivity contribution in [2.45, 2.75) is 19.4 Å². The highest BCUT2D eigenvalue weighted by atomic mass is 16.1. The second-order valence-corrected chi connectivity index (χ2v) is 3.65. The minimum atomic E-state index is 0.332. The number of carbonyl (C=O) groups excluding carboxylic acids is 1. The monoisotopic (exact) mass is 194 g/mol. The van der Waals surface area contributed by atoms with Gasteiger partial charge in [-0.15, -0.1) is 0 Å². The van der Waals surface area contributed by atoms with Crippen molar-refractivity contribution in [2.24, 2.45) is 7.05 Å². The summed E-state index contributed by atoms with van der Waals surface area (Å²) in [5.41, 5.74) is 0. The summed E-state index contributed by atoms with van der Waals surface area (Å²) in [6, 6.07) is 0. The van der Waals surface area contributed by atoms with Crippen LogP contribution in [0.4, 0.5) is 0 Å². The summed E-state index contributed by atoms with van der Waals surface area (Å²) in [6.07, 6.45) is 3.24. The van der Waals surface area contributed by atoms with Crippen molar-refractivity contribution in [1.82, 2.24) is 19.7 Å². The molecule has 1 aromatic rings. The van der Waals surface area contributed by atoms with E-state index < -0.39 is 0 Å². The van der Waals surface area contributed by atoms with Gasteiger partial charge in [-0.1, -0.05) is 0 Å². The van der Waals surface area contributed by atoms with Gasteiger partial charge in [0.25, 0.3) is 0 Å². The number of piperidine rings is 1. The molecule has 0 N–H and O–H groups in total. The van der Waals surface area contributed by atoms with Gasteiger partial charge in [0.05, 0.1) is 13.1 Å². The third-order valence-corrected chi connectivity index (χ3v) is 2.50. The second kappa shape index (κ2) is 3.88. The van der Waals surface area contributed by atoms with Crippen molar-refractivity contribution in [3.63, 3.8) is 0 Å². The van der Waals surface area contributed by atoms with Gasteiger partial charge >= 0.3 is 0 Å². The number of carbonyl (C=O) groups is 1. The predicted octanol–water partition coefficient (Wildman–Crippen LogP) is -0.0200. The number of nitrogens with zero attached hydrogens (tertiary/aromatic N) is 4. The van der Waals surface area contributed by atoms with Crippen molar-refractivity contribution >= 4 is 5.78 Å². The van der Waals surface area contributed by atoms with E-state index in [9.17, 15) is 4.79 Å². The molecule has 2 rings (SSSR count). The maximum absolute atomic E-state index is 11.2. The highest BCUT2D eigenvalue weighted by molar-refractivity contribution is 5.81. The first kappa shape index (κ1) is 9.33. The smallest absolute Gasteiger partial charge is 0.146 e. The Kier molecular flexibility index (Phi) is 2.58. The molecular weight excluding hydrogens is 180 g/mol. The molecule has 1 saturated heterocycles. The zero-order chi connectivity index (χ0) is 9.97. The minimum absolute atomic E-state index is 0.332. The fourth-order valence-corrected chi connectivity index (χ4v) is 1.71. The topological polar surface area (TPSA) is 51.0 Å². The van der Waals surface area contributed by atoms with Gasteiger partial charge in [0.1, 0.15) is 17.9 Å². The maximum atomic E-state index is 11.2. The Morgan fingerprint density at radius 3 is 3.07 bits per heavy atom. The number of aromatic nitrogens is 3. The molecule has 1 fully saturated rings. The largest absolute Gasteiger partial charge is 0.298 e. The number of likely N-dealkylation sites (tertiary alicyclic amines) is 1. The summed E-state index contributed by atoms with van der Waals surface area (Å²) in [5, 5.41) is 4.00. The molecule has 0 bridgehead atoms. The van der Waals surface area contributed by atoms with Crippen LogP contribution in [0, 0.1) is 0 Å². The van der Waals surface area contributed by atoms with Gasteiger partial charge in [0.2, 0.25) is 0 Å². The summed E-state index contributed by atoms with van der Waals surface area (Å²) in [4.78, 5) is 17.5. The lowest BCUT2D eigenvalue weighted by Gasteiger charge is -2.24. The van der Waals surface area contributed by atoms with E-state index >= 15 is 0 Å². The van der Waals surface area contributed by atoms with E-state index in [0.29, 0.717) is 12.3 Å². The first-order chi connectivity index (χ1) is 6.75. The summed E-state index contributed by atoms with van der Waals surface area (Å²) >= 11 is 0. The van der Waals surface area contributed by atoms with Crippen LogP contribution in [-0.2, 0) is 18.4 Å². The standard InChI is InChI=1S/C9H14N4O/c1-12-9(10-7-11-12)6-13-4-2-3-8(14)5-13/h7H,2-6H2,1H3. The third-order valence-electron chi connectivity index (χ3n) is 2.50. The number of aryl methyl sites for hydroxylation is 1. The lowest BCUT2D eigenvalue weighted by Crippen LogP contribution is -2.35. The van der Waals surface area contributed by atoms with Crippen LogP contribution in [0.1, 0.15) is 18.7 Å². The van der Waals surface area contributed by atoms with Crippen LogP contribution in [0.5, 0.6) is 0 Å². The zero-order valence-electron chi connectivity index (χ0n) is 8.31. The first-order valence-corrected chi connectivity index (χ1v) is 4.82. The van der Waals surface area contributed by atoms with Crippen molar-refractivity contribution < 1.29 is 4.79 Å². The van der Waals surface area contributed by atoms with Crippen LogP contribution >= 0.6 is 0 Å². The number of Topliss-reactive ketones (excluding diaryl/α,β-unsaturated/α-hetero) is 1. The Bertz CT molecular complexity index is 333. The quantitative estimate of drug-likeness (QED) is 0.664. The van der Waals surface area contributed by atoms with E-state index in [2.05, 4.69) is 15.0 Å². The molecule has 5 nitrogen and oxygen atoms in total. The zero-order valence-corrected chi connectivity index (χ0v) is 8.31. The average molecular weight is 194 g/mol. The number of ketones is 1. The third kappa shape index (κ3) is 1.98. The summed E-state index contributed by atoms with van der Waals surface area (Å²) in [6.45, 7) is 2.27. The lowest BCUT2D eigenvalue weighted by molar-refractivity contribution is -0.122. The first-order valence-electron chi connectivity index (χ1n) is 4.82. The summed E-state index contributed by atoms with van der Waals surface area (Å²) < 4.78 is 1.75. The molecule has 0 radical (unpaired) electrons. The Labute approximate surface area is 82.7 Å². The van der Waals surface area contributed by atoms with Crippen LogP contribution < -0.4 is 0 Å². The van der Waals surface area contributed by atoms with Crippen molar-refractivity contribution in [1.29, 1.82) is 0 Å². The van der Waals surface area contributed by atoms with Gasteiger partial charge in [-0.25, -0.2) is 4.98 Å². The van der Waals surface area contributed by atoms with Gasteiger partial charge in [-0.05, 0) is 13.0 Å². The molecule has 2 heterocycles. The predicted molar refractivity (Wildman–Crippen MR) is 50.5 cm³/mol. The fourth-order valence-electron chi connectivity index (χ4n) is 1.71. The molecule has 76 valence electrons. The molecular formula is C9H14N4O. The molecule has 1 aliphatic rings. The molecule has 0 aromatic carbocycles. The van der Waals surface area contributed by atoms with Crippen molar-refractivity contribution in [2.75, 3.05) is 13.1 Å². The van der Waals surface area contributed by atoms with E-state index in [0.717, 1.165) is 31.8 Å². The molecule has 14 heavy (non-hydrogen) atoms. The Balaban J connectivity index is 1.97. The molecule has 0 atom stereocenters. The Hall–Kier alpha value is -1.23. The Morgan fingerprint density at radius 1 is 1.57 bits per heavy atom. The van der Waals surface area contributed by atoms with Crippen LogP contribution in [0.15, 0.2) is 6.33 Å². The van der Waals surface area contributed by atoms with E-state index in [-0.39, 0.29) is 0 Å². The molecule has 5 heteroatoms. The van der Waals surface area contributed by atoms with E-state index in [1.807, 2.05) is 7.05 Å². The summed E-state index contributed by atoms with van der Waals surface area (Å²) in [7, 11) is 1.87. The highest BCUT2D eigenvalue weighted by Gasteiger charge is 2.17. The molecule has 0 aliphatic carbocycles. The maximum Gasteiger partial charge on any atom is 0.146 e. The van der Waals surface area contributed by atoms with Gasteiger partial charge in [0.15, 0.2) is 0 Å². The molecule has 0 unspecified atom stereocenters. The molecule has 1 aliphatic heterocycles. The molecule has 0 amide bonds. The van der Waals surface area contributed by atoms with Crippen molar-refractivity contribution in [3.8, 4) is 0 Å². The lowest BCUT2D eigenvalue weighted by atomic mass is 10.1. The van der Waals surface area contributed by atoms with E-state index in [1.54, 1.807) is 11.0 Å². The van der Waals surface area contributed by atoms with Gasteiger partial charge < -0.3 is 0 Å². The summed E-state index contributed by atoms with van der Waals surface area (Å²) in [5.74, 6) is 1.25. The highest BCUT2D eigenvalue weighted by Crippen LogP contribution is 2.08. The SMILES string of the molecule is Cn1ncnc1CN1CCCC(=O)C1. The average Bonchev–Trinajstić information content (AvgIpc) is 2.52. The fraction of sp³-hybridized carbons (Fsp3) is 0.667.